The van der Waals surface area contributed by atoms with Gasteiger partial charge in [-0.05, 0) is 43.7 Å². The molecule has 0 aliphatic carbocycles. The first-order valence-corrected chi connectivity index (χ1v) is 9.57. The minimum absolute atomic E-state index is 0.152. The molecular formula is C20H30N2O3. The average Bonchev–Trinajstić information content (AvgIpc) is 3.14. The lowest BCUT2D eigenvalue weighted by Gasteiger charge is -2.33. The second-order valence-electron chi connectivity index (χ2n) is 7.14. The first-order valence-electron chi connectivity index (χ1n) is 9.57. The summed E-state index contributed by atoms with van der Waals surface area (Å²) in [6.45, 7) is 5.74. The summed E-state index contributed by atoms with van der Waals surface area (Å²) in [6, 6.07) is 10.1. The van der Waals surface area contributed by atoms with E-state index in [1.54, 1.807) is 0 Å². The summed E-state index contributed by atoms with van der Waals surface area (Å²) in [5.41, 5.74) is 0. The fraction of sp³-hybridized carbons (Fsp3) is 0.650. The molecule has 2 aliphatic rings. The van der Waals surface area contributed by atoms with Gasteiger partial charge in [-0.2, -0.15) is 0 Å². The van der Waals surface area contributed by atoms with Crippen LogP contribution in [0.3, 0.4) is 0 Å². The third-order valence-electron chi connectivity index (χ3n) is 5.05. The van der Waals surface area contributed by atoms with Crippen molar-refractivity contribution < 1.29 is 14.3 Å². The first kappa shape index (κ1) is 18.2. The van der Waals surface area contributed by atoms with Crippen LogP contribution in [-0.2, 0) is 9.53 Å². The number of carbonyl (C=O) groups is 1. The highest BCUT2D eigenvalue weighted by molar-refractivity contribution is 5.76. The van der Waals surface area contributed by atoms with E-state index in [2.05, 4.69) is 10.2 Å². The van der Waals surface area contributed by atoms with Crippen molar-refractivity contribution in [1.82, 2.24) is 10.2 Å². The number of hydrogen-bond donors (Lipinski definition) is 1. The van der Waals surface area contributed by atoms with Gasteiger partial charge < -0.3 is 19.7 Å². The van der Waals surface area contributed by atoms with Crippen LogP contribution >= 0.6 is 0 Å². The normalized spacial score (nSPS) is 22.0. The fourth-order valence-corrected chi connectivity index (χ4v) is 3.59. The number of hydrogen-bond acceptors (Lipinski definition) is 4. The quantitative estimate of drug-likeness (QED) is 0.735. The van der Waals surface area contributed by atoms with Crippen LogP contribution in [0.5, 0.6) is 5.75 Å². The molecular weight excluding hydrogens is 316 g/mol. The zero-order chi connectivity index (χ0) is 17.3. The van der Waals surface area contributed by atoms with Gasteiger partial charge in [0.15, 0.2) is 0 Å². The van der Waals surface area contributed by atoms with E-state index in [-0.39, 0.29) is 5.91 Å². The molecule has 0 saturated carbocycles. The molecule has 2 heterocycles. The van der Waals surface area contributed by atoms with Crippen LogP contribution in [0.15, 0.2) is 30.3 Å². The smallest absolute Gasteiger partial charge is 0.220 e. The number of rotatable bonds is 8. The second-order valence-corrected chi connectivity index (χ2v) is 7.14. The second kappa shape index (κ2) is 9.78. The maximum Gasteiger partial charge on any atom is 0.220 e. The van der Waals surface area contributed by atoms with Crippen molar-refractivity contribution in [2.45, 2.75) is 38.1 Å². The Labute approximate surface area is 150 Å². The van der Waals surface area contributed by atoms with E-state index in [0.29, 0.717) is 25.0 Å². The summed E-state index contributed by atoms with van der Waals surface area (Å²) in [5, 5.41) is 3.19. The highest BCUT2D eigenvalue weighted by atomic mass is 16.5. The van der Waals surface area contributed by atoms with Crippen molar-refractivity contribution in [3.8, 4) is 5.75 Å². The van der Waals surface area contributed by atoms with Crippen LogP contribution in [0.25, 0.3) is 0 Å². The summed E-state index contributed by atoms with van der Waals surface area (Å²) in [6.07, 6.45) is 4.59. The van der Waals surface area contributed by atoms with Crippen LogP contribution in [0.1, 0.15) is 32.1 Å². The minimum Gasteiger partial charge on any atom is -0.494 e. The fourth-order valence-electron chi connectivity index (χ4n) is 3.59. The lowest BCUT2D eigenvalue weighted by Crippen LogP contribution is -2.45. The Hall–Kier alpha value is -1.59. The number of benzene rings is 1. The third-order valence-corrected chi connectivity index (χ3v) is 5.05. The van der Waals surface area contributed by atoms with Crippen LogP contribution in [0.4, 0.5) is 0 Å². The Balaban J connectivity index is 1.25. The van der Waals surface area contributed by atoms with Crippen molar-refractivity contribution in [2.24, 2.45) is 5.92 Å². The van der Waals surface area contributed by atoms with E-state index < -0.39 is 0 Å². The molecule has 1 aromatic rings. The van der Waals surface area contributed by atoms with Gasteiger partial charge in [-0.25, -0.2) is 0 Å². The van der Waals surface area contributed by atoms with E-state index >= 15 is 0 Å². The van der Waals surface area contributed by atoms with Gasteiger partial charge in [0.05, 0.1) is 13.2 Å². The predicted molar refractivity (Wildman–Crippen MR) is 97.7 cm³/mol. The van der Waals surface area contributed by atoms with Crippen LogP contribution < -0.4 is 10.1 Å². The number of nitrogens with one attached hydrogen (secondary N) is 1. The van der Waals surface area contributed by atoms with Gasteiger partial charge >= 0.3 is 0 Å². The van der Waals surface area contributed by atoms with Crippen molar-refractivity contribution in [2.75, 3.05) is 39.5 Å². The molecule has 2 fully saturated rings. The highest BCUT2D eigenvalue weighted by Crippen LogP contribution is 2.17. The topological polar surface area (TPSA) is 50.8 Å². The molecule has 0 spiro atoms. The number of amides is 1. The Bertz CT molecular complexity index is 509. The summed E-state index contributed by atoms with van der Waals surface area (Å²) >= 11 is 0. The predicted octanol–water partition coefficient (Wildman–Crippen LogP) is 2.46. The SMILES string of the molecule is O=C(CCCOc1ccccc1)NC1CCN(CC2CCOC2)CC1. The van der Waals surface area contributed by atoms with Crippen LogP contribution in [0.2, 0.25) is 0 Å². The number of carbonyl (C=O) groups excluding carboxylic acids is 1. The Morgan fingerprint density at radius 2 is 2.00 bits per heavy atom. The highest BCUT2D eigenvalue weighted by Gasteiger charge is 2.24. The molecule has 25 heavy (non-hydrogen) atoms. The summed E-state index contributed by atoms with van der Waals surface area (Å²) in [4.78, 5) is 14.6. The molecule has 0 radical (unpaired) electrons. The number of likely N-dealkylation sites (tertiary alicyclic amines) is 1. The van der Waals surface area contributed by atoms with Gasteiger partial charge in [0.2, 0.25) is 5.91 Å². The first-order chi connectivity index (χ1) is 12.3. The maximum absolute atomic E-state index is 12.1. The largest absolute Gasteiger partial charge is 0.494 e. The molecule has 1 atom stereocenters. The molecule has 2 saturated heterocycles. The molecule has 0 bridgehead atoms. The number of ether oxygens (including phenoxy) is 2. The van der Waals surface area contributed by atoms with E-state index in [9.17, 15) is 4.79 Å². The molecule has 3 rings (SSSR count). The summed E-state index contributed by atoms with van der Waals surface area (Å²) in [5.74, 6) is 1.72. The van der Waals surface area contributed by atoms with Crippen LogP contribution in [0, 0.1) is 5.92 Å². The van der Waals surface area contributed by atoms with Crippen LogP contribution in [-0.4, -0.2) is 56.3 Å². The van der Waals surface area contributed by atoms with Gasteiger partial charge in [-0.3, -0.25) is 4.79 Å². The van der Waals surface area contributed by atoms with Crippen molar-refractivity contribution in [3.05, 3.63) is 30.3 Å². The number of nitrogens with zero attached hydrogens (tertiary/aromatic N) is 1. The molecule has 1 amide bonds. The maximum atomic E-state index is 12.1. The summed E-state index contributed by atoms with van der Waals surface area (Å²) in [7, 11) is 0. The molecule has 2 aliphatic heterocycles. The molecule has 1 unspecified atom stereocenters. The molecule has 0 aromatic heterocycles. The van der Waals surface area contributed by atoms with E-state index in [4.69, 9.17) is 9.47 Å². The Morgan fingerprint density at radius 1 is 1.20 bits per heavy atom. The summed E-state index contributed by atoms with van der Waals surface area (Å²) < 4.78 is 11.1. The van der Waals surface area contributed by atoms with Gasteiger partial charge in [0.1, 0.15) is 5.75 Å². The van der Waals surface area contributed by atoms with Crippen molar-refractivity contribution in [1.29, 1.82) is 0 Å². The van der Waals surface area contributed by atoms with Gasteiger partial charge in [-0.1, -0.05) is 18.2 Å². The van der Waals surface area contributed by atoms with Crippen molar-refractivity contribution in [3.63, 3.8) is 0 Å². The molecule has 1 N–H and O–H groups in total. The van der Waals surface area contributed by atoms with Gasteiger partial charge in [0, 0.05) is 38.7 Å². The molecule has 5 nitrogen and oxygen atoms in total. The Kier molecular flexibility index (Phi) is 7.12. The standard InChI is InChI=1S/C20H30N2O3/c23-20(7-4-13-25-19-5-2-1-3-6-19)21-18-8-11-22(12-9-18)15-17-10-14-24-16-17/h1-3,5-6,17-18H,4,7-16H2,(H,21,23). The third kappa shape index (κ3) is 6.33. The van der Waals surface area contributed by atoms with E-state index in [0.717, 1.165) is 57.9 Å². The van der Waals surface area contributed by atoms with Crippen molar-refractivity contribution >= 4 is 5.91 Å². The average molecular weight is 346 g/mol. The monoisotopic (exact) mass is 346 g/mol. The minimum atomic E-state index is 0.152. The Morgan fingerprint density at radius 3 is 2.72 bits per heavy atom. The zero-order valence-electron chi connectivity index (χ0n) is 15.0. The van der Waals surface area contributed by atoms with Gasteiger partial charge in [0.25, 0.3) is 0 Å². The molecule has 1 aromatic carbocycles. The lowest BCUT2D eigenvalue weighted by molar-refractivity contribution is -0.122. The number of para-hydroxylation sites is 1. The lowest BCUT2D eigenvalue weighted by atomic mass is 10.0. The zero-order valence-corrected chi connectivity index (χ0v) is 15.0. The van der Waals surface area contributed by atoms with E-state index in [1.165, 1.54) is 6.42 Å². The molecule has 5 heteroatoms. The molecule has 138 valence electrons. The van der Waals surface area contributed by atoms with Gasteiger partial charge in [-0.15, -0.1) is 0 Å². The van der Waals surface area contributed by atoms with E-state index in [1.807, 2.05) is 30.3 Å². The number of piperidine rings is 1.